The number of halogens is 1. The van der Waals surface area contributed by atoms with Gasteiger partial charge in [0.1, 0.15) is 5.82 Å². The third-order valence-corrected chi connectivity index (χ3v) is 6.84. The van der Waals surface area contributed by atoms with Gasteiger partial charge in [-0.1, -0.05) is 56.3 Å². The highest BCUT2D eigenvalue weighted by molar-refractivity contribution is 5.33. The Bertz CT molecular complexity index is 820. The van der Waals surface area contributed by atoms with Crippen molar-refractivity contribution in [3.8, 4) is 6.07 Å². The van der Waals surface area contributed by atoms with Crippen LogP contribution in [-0.4, -0.2) is 49.1 Å². The van der Waals surface area contributed by atoms with Crippen molar-refractivity contribution in [3.63, 3.8) is 0 Å². The number of hydrogen-bond acceptors (Lipinski definition) is 3. The van der Waals surface area contributed by atoms with E-state index in [0.717, 1.165) is 70.5 Å². The molecule has 0 bridgehead atoms. The van der Waals surface area contributed by atoms with Gasteiger partial charge in [0.05, 0.1) is 11.5 Å². The van der Waals surface area contributed by atoms with Crippen LogP contribution in [0.2, 0.25) is 0 Å². The van der Waals surface area contributed by atoms with Gasteiger partial charge in [-0.05, 0) is 68.0 Å². The molecule has 1 fully saturated rings. The molecule has 1 heterocycles. The molecule has 0 aromatic heterocycles. The second kappa shape index (κ2) is 11.4. The Labute approximate surface area is 187 Å². The minimum atomic E-state index is -0.399. The van der Waals surface area contributed by atoms with Gasteiger partial charge >= 0.3 is 0 Å². The van der Waals surface area contributed by atoms with E-state index in [1.54, 1.807) is 12.1 Å². The third-order valence-electron chi connectivity index (χ3n) is 6.84. The number of rotatable bonds is 10. The summed E-state index contributed by atoms with van der Waals surface area (Å²) in [6.07, 6.45) is 4.07. The van der Waals surface area contributed by atoms with Crippen LogP contribution in [-0.2, 0) is 11.8 Å². The van der Waals surface area contributed by atoms with E-state index in [2.05, 4.69) is 41.8 Å². The van der Waals surface area contributed by atoms with Gasteiger partial charge in [0.25, 0.3) is 0 Å². The Balaban J connectivity index is 1.39. The first-order valence-corrected chi connectivity index (χ1v) is 11.7. The Morgan fingerprint density at radius 1 is 0.903 bits per heavy atom. The van der Waals surface area contributed by atoms with E-state index >= 15 is 0 Å². The van der Waals surface area contributed by atoms with Gasteiger partial charge in [-0.15, -0.1) is 0 Å². The van der Waals surface area contributed by atoms with Crippen LogP contribution in [0.25, 0.3) is 0 Å². The molecule has 1 atom stereocenters. The number of benzene rings is 2. The van der Waals surface area contributed by atoms with Crippen LogP contribution in [0.5, 0.6) is 0 Å². The molecule has 0 N–H and O–H groups in total. The number of hydrogen-bond donors (Lipinski definition) is 0. The maximum Gasteiger partial charge on any atom is 0.123 e. The summed E-state index contributed by atoms with van der Waals surface area (Å²) in [6.45, 7) is 10.9. The lowest BCUT2D eigenvalue weighted by molar-refractivity contribution is 0.127. The molecular formula is C27H36FN3. The normalized spacial score (nSPS) is 17.4. The van der Waals surface area contributed by atoms with Crippen molar-refractivity contribution in [2.24, 2.45) is 5.92 Å². The molecule has 2 aromatic rings. The van der Waals surface area contributed by atoms with Crippen molar-refractivity contribution in [2.75, 3.05) is 39.3 Å². The number of aryl methyl sites for hydroxylation is 1. The fraction of sp³-hybridized carbons (Fsp3) is 0.519. The smallest absolute Gasteiger partial charge is 0.123 e. The van der Waals surface area contributed by atoms with Gasteiger partial charge in [-0.25, -0.2) is 4.39 Å². The minimum absolute atomic E-state index is 0.163. The predicted octanol–water partition coefficient (Wildman–Crippen LogP) is 5.27. The molecule has 1 aliphatic heterocycles. The molecule has 0 saturated carbocycles. The molecular weight excluding hydrogens is 385 g/mol. The predicted molar refractivity (Wildman–Crippen MR) is 125 cm³/mol. The van der Waals surface area contributed by atoms with Crippen LogP contribution in [0.1, 0.15) is 44.2 Å². The summed E-state index contributed by atoms with van der Waals surface area (Å²) in [7, 11) is 0. The van der Waals surface area contributed by atoms with Crippen LogP contribution in [0.3, 0.4) is 0 Å². The number of nitriles is 1. The molecule has 0 aliphatic carbocycles. The third kappa shape index (κ3) is 6.38. The molecule has 31 heavy (non-hydrogen) atoms. The van der Waals surface area contributed by atoms with E-state index in [-0.39, 0.29) is 11.7 Å². The minimum Gasteiger partial charge on any atom is -0.301 e. The zero-order valence-corrected chi connectivity index (χ0v) is 19.1. The number of piperazine rings is 1. The van der Waals surface area contributed by atoms with E-state index in [4.69, 9.17) is 0 Å². The quantitative estimate of drug-likeness (QED) is 0.523. The largest absolute Gasteiger partial charge is 0.301 e. The summed E-state index contributed by atoms with van der Waals surface area (Å²) in [6, 6.07) is 19.9. The molecule has 0 amide bonds. The number of nitrogens with zero attached hydrogens (tertiary/aromatic N) is 3. The fourth-order valence-corrected chi connectivity index (χ4v) is 4.73. The lowest BCUT2D eigenvalue weighted by atomic mass is 9.70. The highest BCUT2D eigenvalue weighted by Gasteiger charge is 2.35. The van der Waals surface area contributed by atoms with Crippen LogP contribution in [0, 0.1) is 23.1 Å². The summed E-state index contributed by atoms with van der Waals surface area (Å²) >= 11 is 0. The van der Waals surface area contributed by atoms with E-state index in [0.29, 0.717) is 0 Å². The monoisotopic (exact) mass is 421 g/mol. The van der Waals surface area contributed by atoms with E-state index in [9.17, 15) is 9.65 Å². The highest BCUT2D eigenvalue weighted by Crippen LogP contribution is 2.36. The topological polar surface area (TPSA) is 30.3 Å². The van der Waals surface area contributed by atoms with Crippen molar-refractivity contribution in [3.05, 3.63) is 71.5 Å². The Morgan fingerprint density at radius 2 is 1.48 bits per heavy atom. The Morgan fingerprint density at radius 3 is 2.03 bits per heavy atom. The molecule has 0 spiro atoms. The van der Waals surface area contributed by atoms with Gasteiger partial charge in [-0.3, -0.25) is 0 Å². The first kappa shape index (κ1) is 23.4. The van der Waals surface area contributed by atoms with E-state index in [1.165, 1.54) is 5.56 Å². The molecule has 0 radical (unpaired) electrons. The summed E-state index contributed by atoms with van der Waals surface area (Å²) in [5, 5.41) is 10.1. The fourth-order valence-electron chi connectivity index (χ4n) is 4.73. The van der Waals surface area contributed by atoms with E-state index < -0.39 is 5.41 Å². The van der Waals surface area contributed by atoms with Gasteiger partial charge in [0.2, 0.25) is 0 Å². The molecule has 3 nitrogen and oxygen atoms in total. The standard InChI is InChI=1S/C27H36FN3/c1-23(2)27(22-29,25-9-4-3-5-10-25)15-7-17-31-20-18-30(19-21-31)16-6-8-24-11-13-26(28)14-12-24/h3-5,9-14,23H,6-8,15-21H2,1-2H3/t27-/m0/s1. The SMILES string of the molecule is CC(C)[C@@](C#N)(CCCN1CCN(CCCc2ccc(F)cc2)CC1)c1ccccc1. The molecule has 166 valence electrons. The average molecular weight is 422 g/mol. The average Bonchev–Trinajstić information content (AvgIpc) is 2.79. The van der Waals surface area contributed by atoms with Crippen LogP contribution >= 0.6 is 0 Å². The second-order valence-electron chi connectivity index (χ2n) is 9.12. The second-order valence-corrected chi connectivity index (χ2v) is 9.12. The molecule has 3 rings (SSSR count). The van der Waals surface area contributed by atoms with Crippen molar-refractivity contribution < 1.29 is 4.39 Å². The maximum atomic E-state index is 13.0. The van der Waals surface area contributed by atoms with Gasteiger partial charge in [0.15, 0.2) is 0 Å². The van der Waals surface area contributed by atoms with Crippen molar-refractivity contribution >= 4 is 0 Å². The molecule has 1 aliphatic rings. The van der Waals surface area contributed by atoms with E-state index in [1.807, 2.05) is 30.3 Å². The lowest BCUT2D eigenvalue weighted by Gasteiger charge is -2.36. The zero-order chi connectivity index (χ0) is 22.1. The zero-order valence-electron chi connectivity index (χ0n) is 19.1. The lowest BCUT2D eigenvalue weighted by Crippen LogP contribution is -2.47. The van der Waals surface area contributed by atoms with Crippen LogP contribution in [0.4, 0.5) is 4.39 Å². The summed E-state index contributed by atoms with van der Waals surface area (Å²) in [5.74, 6) is 0.127. The molecule has 1 saturated heterocycles. The Hall–Kier alpha value is -2.22. The van der Waals surface area contributed by atoms with Crippen molar-refractivity contribution in [1.82, 2.24) is 9.80 Å². The first-order chi connectivity index (χ1) is 15.0. The van der Waals surface area contributed by atoms with Gasteiger partial charge in [-0.2, -0.15) is 5.26 Å². The van der Waals surface area contributed by atoms with Crippen LogP contribution in [0.15, 0.2) is 54.6 Å². The van der Waals surface area contributed by atoms with Crippen molar-refractivity contribution in [2.45, 2.75) is 44.9 Å². The van der Waals surface area contributed by atoms with Gasteiger partial charge < -0.3 is 9.80 Å². The summed E-state index contributed by atoms with van der Waals surface area (Å²) in [4.78, 5) is 5.08. The molecule has 2 aromatic carbocycles. The highest BCUT2D eigenvalue weighted by atomic mass is 19.1. The summed E-state index contributed by atoms with van der Waals surface area (Å²) < 4.78 is 13.0. The maximum absolute atomic E-state index is 13.0. The van der Waals surface area contributed by atoms with Crippen molar-refractivity contribution in [1.29, 1.82) is 5.26 Å². The molecule has 0 unspecified atom stereocenters. The Kier molecular flexibility index (Phi) is 8.63. The van der Waals surface area contributed by atoms with Crippen LogP contribution < -0.4 is 0 Å². The first-order valence-electron chi connectivity index (χ1n) is 11.7. The summed E-state index contributed by atoms with van der Waals surface area (Å²) in [5.41, 5.74) is 1.96. The molecule has 4 heteroatoms. The van der Waals surface area contributed by atoms with Gasteiger partial charge in [0, 0.05) is 26.2 Å².